The molecule has 96 valence electrons. The van der Waals surface area contributed by atoms with Crippen LogP contribution in [0.25, 0.3) is 0 Å². The highest BCUT2D eigenvalue weighted by molar-refractivity contribution is 6.01. The number of halogens is 3. The minimum atomic E-state index is -4.92. The molecule has 0 spiro atoms. The number of alkyl halides is 3. The lowest BCUT2D eigenvalue weighted by Crippen LogP contribution is -2.40. The van der Waals surface area contributed by atoms with Crippen molar-refractivity contribution in [2.24, 2.45) is 0 Å². The second-order valence-corrected chi connectivity index (χ2v) is 4.14. The van der Waals surface area contributed by atoms with E-state index in [1.807, 2.05) is 0 Å². The highest BCUT2D eigenvalue weighted by Crippen LogP contribution is 2.36. The number of hydrogen-bond donors (Lipinski definition) is 0. The van der Waals surface area contributed by atoms with Crippen LogP contribution in [0.15, 0.2) is 24.3 Å². The molecule has 1 amide bonds. The second-order valence-electron chi connectivity index (χ2n) is 4.14. The number of nitrogens with zero attached hydrogens (tertiary/aromatic N) is 1. The molecule has 6 heteroatoms. The van der Waals surface area contributed by atoms with Crippen molar-refractivity contribution in [3.8, 4) is 0 Å². The smallest absolute Gasteiger partial charge is 0.330 e. The van der Waals surface area contributed by atoms with Gasteiger partial charge in [0, 0.05) is 19.0 Å². The van der Waals surface area contributed by atoms with Gasteiger partial charge in [-0.25, -0.2) is 0 Å². The van der Waals surface area contributed by atoms with Gasteiger partial charge in [-0.05, 0) is 5.56 Å². The summed E-state index contributed by atoms with van der Waals surface area (Å²) in [4.78, 5) is 23.4. The first-order valence-electron chi connectivity index (χ1n) is 5.28. The third-order valence-corrected chi connectivity index (χ3v) is 3.03. The molecule has 0 bridgehead atoms. The van der Waals surface area contributed by atoms with Crippen LogP contribution in [0.4, 0.5) is 13.2 Å². The van der Waals surface area contributed by atoms with Gasteiger partial charge in [0.05, 0.1) is 6.04 Å². The van der Waals surface area contributed by atoms with Gasteiger partial charge in [-0.3, -0.25) is 9.59 Å². The minimum Gasteiger partial charge on any atom is -0.330 e. The lowest BCUT2D eigenvalue weighted by Gasteiger charge is -2.25. The highest BCUT2D eigenvalue weighted by Gasteiger charge is 2.45. The number of ketones is 1. The average molecular weight is 257 g/mol. The molecular weight excluding hydrogens is 247 g/mol. The van der Waals surface area contributed by atoms with Crippen LogP contribution < -0.4 is 0 Å². The summed E-state index contributed by atoms with van der Waals surface area (Å²) in [7, 11) is 1.07. The number of fused-ring (bicyclic) bond motifs is 1. The Labute approximate surface area is 101 Å². The van der Waals surface area contributed by atoms with Gasteiger partial charge in [0.15, 0.2) is 5.78 Å². The van der Waals surface area contributed by atoms with E-state index in [-0.39, 0.29) is 12.2 Å². The van der Waals surface area contributed by atoms with Crippen molar-refractivity contribution >= 4 is 11.7 Å². The summed E-state index contributed by atoms with van der Waals surface area (Å²) < 4.78 is 37.1. The third kappa shape index (κ3) is 1.98. The van der Waals surface area contributed by atoms with Crippen LogP contribution in [0, 0.1) is 0 Å². The molecule has 0 saturated heterocycles. The Hall–Kier alpha value is -1.85. The third-order valence-electron chi connectivity index (χ3n) is 3.03. The van der Waals surface area contributed by atoms with Crippen LogP contribution in [-0.2, 0) is 4.79 Å². The molecule has 1 aromatic carbocycles. The van der Waals surface area contributed by atoms with Crippen LogP contribution in [0.2, 0.25) is 0 Å². The van der Waals surface area contributed by atoms with E-state index in [2.05, 4.69) is 0 Å². The zero-order valence-corrected chi connectivity index (χ0v) is 9.49. The monoisotopic (exact) mass is 257 g/mol. The lowest BCUT2D eigenvalue weighted by atomic mass is 10.1. The molecule has 0 fully saturated rings. The molecule has 0 aromatic heterocycles. The quantitative estimate of drug-likeness (QED) is 0.774. The van der Waals surface area contributed by atoms with Crippen molar-refractivity contribution in [3.63, 3.8) is 0 Å². The van der Waals surface area contributed by atoms with E-state index < -0.39 is 18.1 Å². The van der Waals surface area contributed by atoms with Crippen LogP contribution in [0.1, 0.15) is 28.4 Å². The standard InChI is InChI=1S/C12H10F3NO2/c1-16(11(18)12(13,14)15)9-6-10(17)8-5-3-2-4-7(8)9/h2-5,9H,6H2,1H3. The summed E-state index contributed by atoms with van der Waals surface area (Å²) in [6, 6.07) is 5.58. The van der Waals surface area contributed by atoms with Crippen molar-refractivity contribution in [2.45, 2.75) is 18.6 Å². The molecule has 1 unspecified atom stereocenters. The predicted octanol–water partition coefficient (Wildman–Crippen LogP) is 2.33. The fourth-order valence-corrected chi connectivity index (χ4v) is 2.12. The Kier molecular flexibility index (Phi) is 2.88. The van der Waals surface area contributed by atoms with Gasteiger partial charge < -0.3 is 4.90 Å². The second kappa shape index (κ2) is 4.12. The zero-order valence-electron chi connectivity index (χ0n) is 9.49. The van der Waals surface area contributed by atoms with E-state index in [1.54, 1.807) is 24.3 Å². The molecular formula is C12H10F3NO2. The summed E-state index contributed by atoms with van der Waals surface area (Å²) in [5, 5.41) is 0. The summed E-state index contributed by atoms with van der Waals surface area (Å²) in [5.74, 6) is -2.17. The Bertz CT molecular complexity index is 510. The van der Waals surface area contributed by atoms with Crippen LogP contribution >= 0.6 is 0 Å². The first-order valence-corrected chi connectivity index (χ1v) is 5.28. The topological polar surface area (TPSA) is 37.4 Å². The molecule has 0 saturated carbocycles. The Morgan fingerprint density at radius 1 is 1.33 bits per heavy atom. The van der Waals surface area contributed by atoms with Gasteiger partial charge in [-0.15, -0.1) is 0 Å². The zero-order chi connectivity index (χ0) is 13.5. The summed E-state index contributed by atoms with van der Waals surface area (Å²) >= 11 is 0. The largest absolute Gasteiger partial charge is 0.471 e. The van der Waals surface area contributed by atoms with E-state index >= 15 is 0 Å². The predicted molar refractivity (Wildman–Crippen MR) is 57.0 cm³/mol. The van der Waals surface area contributed by atoms with Gasteiger partial charge in [0.1, 0.15) is 0 Å². The number of rotatable bonds is 1. The summed E-state index contributed by atoms with van der Waals surface area (Å²) in [6.07, 6.45) is -5.02. The van der Waals surface area contributed by atoms with Crippen LogP contribution in [-0.4, -0.2) is 29.8 Å². The van der Waals surface area contributed by atoms with Crippen molar-refractivity contribution in [1.82, 2.24) is 4.90 Å². The van der Waals surface area contributed by atoms with Crippen LogP contribution in [0.3, 0.4) is 0 Å². The van der Waals surface area contributed by atoms with E-state index in [0.717, 1.165) is 7.05 Å². The number of benzene rings is 1. The lowest BCUT2D eigenvalue weighted by molar-refractivity contribution is -0.186. The van der Waals surface area contributed by atoms with E-state index in [1.165, 1.54) is 0 Å². The number of amides is 1. The first kappa shape index (κ1) is 12.6. The fraction of sp³-hybridized carbons (Fsp3) is 0.333. The Morgan fingerprint density at radius 3 is 2.56 bits per heavy atom. The van der Waals surface area contributed by atoms with Gasteiger partial charge in [-0.1, -0.05) is 24.3 Å². The minimum absolute atomic E-state index is 0.0995. The van der Waals surface area contributed by atoms with Gasteiger partial charge in [-0.2, -0.15) is 13.2 Å². The molecule has 0 radical (unpaired) electrons. The molecule has 0 heterocycles. The van der Waals surface area contributed by atoms with Crippen molar-refractivity contribution in [2.75, 3.05) is 7.05 Å². The summed E-state index contributed by atoms with van der Waals surface area (Å²) in [6.45, 7) is 0. The fourth-order valence-electron chi connectivity index (χ4n) is 2.12. The summed E-state index contributed by atoms with van der Waals surface area (Å²) in [5.41, 5.74) is 0.868. The maximum Gasteiger partial charge on any atom is 0.471 e. The molecule has 1 aliphatic rings. The van der Waals surface area contributed by atoms with E-state index in [4.69, 9.17) is 0 Å². The van der Waals surface area contributed by atoms with E-state index in [0.29, 0.717) is 16.0 Å². The van der Waals surface area contributed by atoms with Gasteiger partial charge in [0.2, 0.25) is 0 Å². The normalized spacial score (nSPS) is 18.7. The van der Waals surface area contributed by atoms with Gasteiger partial charge in [0.25, 0.3) is 0 Å². The maximum absolute atomic E-state index is 12.4. The molecule has 0 N–H and O–H groups in total. The average Bonchev–Trinajstić information content (AvgIpc) is 2.65. The molecule has 1 aliphatic carbocycles. The van der Waals surface area contributed by atoms with E-state index in [9.17, 15) is 22.8 Å². The Morgan fingerprint density at radius 2 is 1.94 bits per heavy atom. The molecule has 2 rings (SSSR count). The number of hydrogen-bond acceptors (Lipinski definition) is 2. The number of carbonyl (C=O) groups excluding carboxylic acids is 2. The number of carbonyl (C=O) groups is 2. The van der Waals surface area contributed by atoms with Crippen molar-refractivity contribution in [3.05, 3.63) is 35.4 Å². The first-order chi connectivity index (χ1) is 8.32. The van der Waals surface area contributed by atoms with Crippen molar-refractivity contribution < 1.29 is 22.8 Å². The maximum atomic E-state index is 12.4. The van der Waals surface area contributed by atoms with Crippen molar-refractivity contribution in [1.29, 1.82) is 0 Å². The number of Topliss-reactive ketones (excluding diaryl/α,β-unsaturated/α-hetero) is 1. The molecule has 18 heavy (non-hydrogen) atoms. The molecule has 1 aromatic rings. The molecule has 3 nitrogen and oxygen atoms in total. The Balaban J connectivity index is 2.32. The van der Waals surface area contributed by atoms with Gasteiger partial charge >= 0.3 is 12.1 Å². The van der Waals surface area contributed by atoms with Crippen LogP contribution in [0.5, 0.6) is 0 Å². The highest BCUT2D eigenvalue weighted by atomic mass is 19.4. The molecule has 0 aliphatic heterocycles. The molecule has 1 atom stereocenters. The SMILES string of the molecule is CN(C(=O)C(F)(F)F)C1CC(=O)c2ccccc21.